The first-order valence-electron chi connectivity index (χ1n) is 11.2. The van der Waals surface area contributed by atoms with E-state index in [1.54, 1.807) is 13.1 Å². The van der Waals surface area contributed by atoms with Crippen molar-refractivity contribution in [2.75, 3.05) is 6.61 Å². The molecule has 0 unspecified atom stereocenters. The molecule has 0 saturated carbocycles. The summed E-state index contributed by atoms with van der Waals surface area (Å²) in [6, 6.07) is 11.4. The molecular formula is C26H28N4O3S. The number of esters is 1. The number of nitrogens with one attached hydrogen (secondary N) is 1. The highest BCUT2D eigenvalue weighted by Gasteiger charge is 2.41. The number of thioether (sulfide) groups is 1. The van der Waals surface area contributed by atoms with Gasteiger partial charge in [0.1, 0.15) is 0 Å². The first-order chi connectivity index (χ1) is 16.4. The first kappa shape index (κ1) is 23.8. The second kappa shape index (κ2) is 10.3. The van der Waals surface area contributed by atoms with Gasteiger partial charge in [-0.1, -0.05) is 41.6 Å². The standard InChI is InChI=1S/C26H28N4O3S/c1-5-33-25(32)23-18(4)29-26-30(24(23)21-10-9-16(2)12-17(21)3)20(15-34-26)13-22(31)28-14-19-8-6-7-11-27-19/h6-12,15,24H,5,13-14H2,1-4H3,(H,28,31)/t24-/m1/s1. The molecule has 1 N–H and O–H groups in total. The largest absolute Gasteiger partial charge is 0.463 e. The van der Waals surface area contributed by atoms with E-state index >= 15 is 0 Å². The lowest BCUT2D eigenvalue weighted by molar-refractivity contribution is -0.139. The van der Waals surface area contributed by atoms with Crippen LogP contribution in [0.5, 0.6) is 0 Å². The Morgan fingerprint density at radius 2 is 2.00 bits per heavy atom. The molecule has 8 heteroatoms. The molecule has 1 aromatic heterocycles. The summed E-state index contributed by atoms with van der Waals surface area (Å²) in [5.41, 5.74) is 5.92. The Morgan fingerprint density at radius 1 is 1.18 bits per heavy atom. The van der Waals surface area contributed by atoms with Gasteiger partial charge in [-0.15, -0.1) is 0 Å². The summed E-state index contributed by atoms with van der Waals surface area (Å²) >= 11 is 1.46. The SMILES string of the molecule is CCOC(=O)C1=C(C)N=C2SC=C(CC(=O)NCc3ccccn3)N2[C@@H]1c1ccc(C)cc1C. The van der Waals surface area contributed by atoms with Crippen molar-refractivity contribution in [3.05, 3.63) is 87.4 Å². The molecule has 0 radical (unpaired) electrons. The van der Waals surface area contributed by atoms with Crippen LogP contribution in [0, 0.1) is 13.8 Å². The third kappa shape index (κ3) is 4.92. The summed E-state index contributed by atoms with van der Waals surface area (Å²) in [6.45, 7) is 8.35. The second-order valence-corrected chi connectivity index (χ2v) is 9.08. The zero-order chi connectivity index (χ0) is 24.2. The Hall–Kier alpha value is -3.39. The van der Waals surface area contributed by atoms with Crippen LogP contribution in [0.1, 0.15) is 48.7 Å². The van der Waals surface area contributed by atoms with Crippen molar-refractivity contribution in [2.45, 2.75) is 46.7 Å². The van der Waals surface area contributed by atoms with Gasteiger partial charge in [0, 0.05) is 11.9 Å². The number of carbonyl (C=O) groups excluding carboxylic acids is 2. The third-order valence-electron chi connectivity index (χ3n) is 5.75. The van der Waals surface area contributed by atoms with E-state index < -0.39 is 6.04 Å². The highest BCUT2D eigenvalue weighted by Crippen LogP contribution is 2.45. The predicted octanol–water partition coefficient (Wildman–Crippen LogP) is 4.54. The van der Waals surface area contributed by atoms with E-state index in [9.17, 15) is 9.59 Å². The van der Waals surface area contributed by atoms with Crippen molar-refractivity contribution in [3.8, 4) is 0 Å². The van der Waals surface area contributed by atoms with Crippen molar-refractivity contribution in [2.24, 2.45) is 4.99 Å². The van der Waals surface area contributed by atoms with E-state index in [-0.39, 0.29) is 24.9 Å². The van der Waals surface area contributed by atoms with Crippen molar-refractivity contribution in [3.63, 3.8) is 0 Å². The van der Waals surface area contributed by atoms with E-state index in [2.05, 4.69) is 16.4 Å². The van der Waals surface area contributed by atoms with Crippen LogP contribution < -0.4 is 5.32 Å². The number of ether oxygens (including phenoxy) is 1. The van der Waals surface area contributed by atoms with Crippen LogP contribution in [0.3, 0.4) is 0 Å². The molecule has 1 aromatic carbocycles. The lowest BCUT2D eigenvalue weighted by Gasteiger charge is -2.37. The number of hydrogen-bond donors (Lipinski definition) is 1. The molecule has 2 aliphatic rings. The van der Waals surface area contributed by atoms with E-state index in [4.69, 9.17) is 9.73 Å². The Bertz CT molecular complexity index is 1200. The highest BCUT2D eigenvalue weighted by molar-refractivity contribution is 8.16. The number of pyridine rings is 1. The van der Waals surface area contributed by atoms with Gasteiger partial charge in [-0.05, 0) is 56.4 Å². The Labute approximate surface area is 204 Å². The van der Waals surface area contributed by atoms with Crippen LogP contribution >= 0.6 is 11.8 Å². The number of amides is 1. The smallest absolute Gasteiger partial charge is 0.338 e. The van der Waals surface area contributed by atoms with E-state index in [1.807, 2.05) is 61.4 Å². The monoisotopic (exact) mass is 476 g/mol. The van der Waals surface area contributed by atoms with Gasteiger partial charge in [0.2, 0.25) is 5.91 Å². The summed E-state index contributed by atoms with van der Waals surface area (Å²) in [4.78, 5) is 36.8. The van der Waals surface area contributed by atoms with Gasteiger partial charge < -0.3 is 15.0 Å². The van der Waals surface area contributed by atoms with Crippen molar-refractivity contribution in [1.82, 2.24) is 15.2 Å². The molecule has 0 spiro atoms. The van der Waals surface area contributed by atoms with Gasteiger partial charge in [0.25, 0.3) is 0 Å². The average molecular weight is 477 g/mol. The second-order valence-electron chi connectivity index (χ2n) is 8.25. The van der Waals surface area contributed by atoms with Crippen molar-refractivity contribution < 1.29 is 14.3 Å². The minimum absolute atomic E-state index is 0.123. The van der Waals surface area contributed by atoms with Crippen LogP contribution in [0.2, 0.25) is 0 Å². The van der Waals surface area contributed by atoms with Crippen LogP contribution in [-0.4, -0.2) is 33.5 Å². The molecule has 1 atom stereocenters. The Balaban J connectivity index is 1.64. The molecule has 0 saturated heterocycles. The van der Waals surface area contributed by atoms with E-state index in [1.165, 1.54) is 11.8 Å². The molecular weight excluding hydrogens is 448 g/mol. The number of aromatic nitrogens is 1. The Morgan fingerprint density at radius 3 is 2.71 bits per heavy atom. The van der Waals surface area contributed by atoms with Crippen LogP contribution in [-0.2, 0) is 20.9 Å². The van der Waals surface area contributed by atoms with Gasteiger partial charge in [-0.2, -0.15) is 0 Å². The molecule has 4 rings (SSSR count). The number of allylic oxidation sites excluding steroid dienone is 1. The third-order valence-corrected chi connectivity index (χ3v) is 6.64. The number of aliphatic imine (C=N–C) groups is 1. The fraction of sp³-hybridized carbons (Fsp3) is 0.308. The molecule has 176 valence electrons. The normalized spacial score (nSPS) is 17.2. The predicted molar refractivity (Wildman–Crippen MR) is 134 cm³/mol. The molecule has 34 heavy (non-hydrogen) atoms. The van der Waals surface area contributed by atoms with Crippen LogP contribution in [0.25, 0.3) is 0 Å². The number of benzene rings is 1. The number of amidine groups is 1. The highest BCUT2D eigenvalue weighted by atomic mass is 32.2. The molecule has 2 aliphatic heterocycles. The number of rotatable bonds is 7. The number of nitrogens with zero attached hydrogens (tertiary/aromatic N) is 3. The molecule has 0 fully saturated rings. The van der Waals surface area contributed by atoms with Gasteiger partial charge in [-0.3, -0.25) is 9.78 Å². The lowest BCUT2D eigenvalue weighted by Crippen LogP contribution is -2.38. The number of aryl methyl sites for hydroxylation is 2. The molecule has 2 aromatic rings. The zero-order valence-corrected chi connectivity index (χ0v) is 20.6. The van der Waals surface area contributed by atoms with Gasteiger partial charge >= 0.3 is 5.97 Å². The van der Waals surface area contributed by atoms with Crippen molar-refractivity contribution in [1.29, 1.82) is 0 Å². The molecule has 1 amide bonds. The van der Waals surface area contributed by atoms with Gasteiger partial charge in [0.15, 0.2) is 5.17 Å². The summed E-state index contributed by atoms with van der Waals surface area (Å²) in [6.07, 6.45) is 1.86. The summed E-state index contributed by atoms with van der Waals surface area (Å²) in [7, 11) is 0. The van der Waals surface area contributed by atoms with Crippen LogP contribution in [0.15, 0.2) is 70.0 Å². The fourth-order valence-corrected chi connectivity index (χ4v) is 5.15. The molecule has 0 bridgehead atoms. The molecule has 0 aliphatic carbocycles. The number of hydrogen-bond acceptors (Lipinski definition) is 7. The first-order valence-corrected chi connectivity index (χ1v) is 12.1. The van der Waals surface area contributed by atoms with E-state index in [0.717, 1.165) is 33.2 Å². The zero-order valence-electron chi connectivity index (χ0n) is 19.8. The minimum Gasteiger partial charge on any atom is -0.463 e. The maximum atomic E-state index is 13.1. The molecule has 3 heterocycles. The quantitative estimate of drug-likeness (QED) is 0.591. The topological polar surface area (TPSA) is 83.9 Å². The van der Waals surface area contributed by atoms with Gasteiger partial charge in [-0.25, -0.2) is 9.79 Å². The summed E-state index contributed by atoms with van der Waals surface area (Å²) in [5.74, 6) is -0.509. The molecule has 7 nitrogen and oxygen atoms in total. The lowest BCUT2D eigenvalue weighted by atomic mass is 9.90. The minimum atomic E-state index is -0.419. The van der Waals surface area contributed by atoms with Gasteiger partial charge in [0.05, 0.1) is 42.6 Å². The Kier molecular flexibility index (Phi) is 7.17. The number of fused-ring (bicyclic) bond motifs is 1. The average Bonchev–Trinajstić information content (AvgIpc) is 3.19. The summed E-state index contributed by atoms with van der Waals surface area (Å²) < 4.78 is 5.41. The fourth-order valence-electron chi connectivity index (χ4n) is 4.19. The maximum Gasteiger partial charge on any atom is 0.338 e. The van der Waals surface area contributed by atoms with Crippen LogP contribution in [0.4, 0.5) is 0 Å². The summed E-state index contributed by atoms with van der Waals surface area (Å²) in [5, 5.41) is 5.63. The maximum absolute atomic E-state index is 13.1. The van der Waals surface area contributed by atoms with E-state index in [0.29, 0.717) is 17.8 Å². The number of carbonyl (C=O) groups is 2. The van der Waals surface area contributed by atoms with Crippen molar-refractivity contribution >= 4 is 28.8 Å².